The highest BCUT2D eigenvalue weighted by molar-refractivity contribution is 5.84. The zero-order chi connectivity index (χ0) is 21.1. The van der Waals surface area contributed by atoms with Gasteiger partial charge in [0, 0.05) is 5.56 Å². The van der Waals surface area contributed by atoms with Gasteiger partial charge in [0.2, 0.25) is 0 Å². The molecule has 0 unspecified atom stereocenters. The van der Waals surface area contributed by atoms with Crippen molar-refractivity contribution in [1.82, 2.24) is 0 Å². The molecular weight excluding hydrogens is 381 g/mol. The van der Waals surface area contributed by atoms with Crippen molar-refractivity contribution in [2.45, 2.75) is 38.0 Å². The third-order valence-electron chi connectivity index (χ3n) is 6.02. The van der Waals surface area contributed by atoms with Gasteiger partial charge in [-0.2, -0.15) is 0 Å². The Hall–Kier alpha value is -2.99. The number of rotatable bonds is 3. The predicted molar refractivity (Wildman–Crippen MR) is 116 cm³/mol. The molecule has 3 heteroatoms. The van der Waals surface area contributed by atoms with Crippen molar-refractivity contribution in [1.29, 1.82) is 0 Å². The quantitative estimate of drug-likeness (QED) is 0.313. The Kier molecular flexibility index (Phi) is 5.95. The Labute approximate surface area is 175 Å². The maximum absolute atomic E-state index is 14.7. The largest absolute Gasteiger partial charge is 0.207 e. The van der Waals surface area contributed by atoms with E-state index in [4.69, 9.17) is 0 Å². The number of fused-ring (bicyclic) bond motifs is 1. The van der Waals surface area contributed by atoms with Crippen LogP contribution in [-0.4, -0.2) is 0 Å². The first-order chi connectivity index (χ1) is 14.5. The summed E-state index contributed by atoms with van der Waals surface area (Å²) in [7, 11) is 0. The lowest BCUT2D eigenvalue weighted by atomic mass is 9.77. The highest BCUT2D eigenvalue weighted by atomic mass is 19.1. The van der Waals surface area contributed by atoms with Gasteiger partial charge in [-0.05, 0) is 96.7 Å². The molecule has 1 saturated carbocycles. The van der Waals surface area contributed by atoms with Crippen LogP contribution < -0.4 is 0 Å². The van der Waals surface area contributed by atoms with Gasteiger partial charge >= 0.3 is 0 Å². The zero-order valence-electron chi connectivity index (χ0n) is 16.7. The lowest BCUT2D eigenvalue weighted by molar-refractivity contribution is 0.327. The molecule has 0 N–H and O–H groups in total. The van der Waals surface area contributed by atoms with Gasteiger partial charge in [-0.1, -0.05) is 30.0 Å². The third-order valence-corrected chi connectivity index (χ3v) is 6.02. The van der Waals surface area contributed by atoms with E-state index in [1.807, 2.05) is 6.08 Å². The molecule has 0 heterocycles. The highest BCUT2D eigenvalue weighted by Gasteiger charge is 2.23. The summed E-state index contributed by atoms with van der Waals surface area (Å²) in [4.78, 5) is 0. The van der Waals surface area contributed by atoms with E-state index in [1.165, 1.54) is 24.3 Å². The molecule has 0 aliphatic heterocycles. The van der Waals surface area contributed by atoms with Crippen LogP contribution in [0.3, 0.4) is 0 Å². The lowest BCUT2D eigenvalue weighted by Gasteiger charge is -2.28. The number of benzene rings is 3. The maximum Gasteiger partial charge on any atom is 0.142 e. The summed E-state index contributed by atoms with van der Waals surface area (Å²) < 4.78 is 42.6. The summed E-state index contributed by atoms with van der Waals surface area (Å²) in [5.74, 6) is 4.77. The normalized spacial score (nSPS) is 18.6. The number of hydrogen-bond acceptors (Lipinski definition) is 0. The van der Waals surface area contributed by atoms with Crippen LogP contribution in [0, 0.1) is 35.2 Å². The van der Waals surface area contributed by atoms with Crippen LogP contribution in [0.15, 0.2) is 61.2 Å². The predicted octanol–water partition coefficient (Wildman–Crippen LogP) is 7.51. The van der Waals surface area contributed by atoms with Crippen molar-refractivity contribution in [3.05, 3.63) is 95.3 Å². The lowest BCUT2D eigenvalue weighted by Crippen LogP contribution is -2.13. The second-order valence-corrected chi connectivity index (χ2v) is 8.06. The van der Waals surface area contributed by atoms with Gasteiger partial charge in [-0.25, -0.2) is 13.2 Å². The van der Waals surface area contributed by atoms with E-state index in [-0.39, 0.29) is 17.3 Å². The maximum atomic E-state index is 14.7. The summed E-state index contributed by atoms with van der Waals surface area (Å²) in [6, 6.07) is 12.6. The first-order valence-corrected chi connectivity index (χ1v) is 10.3. The number of halogens is 3. The average Bonchev–Trinajstić information content (AvgIpc) is 2.74. The van der Waals surface area contributed by atoms with Gasteiger partial charge in [-0.3, -0.25) is 0 Å². The number of allylic oxidation sites excluding steroid dienone is 1. The van der Waals surface area contributed by atoms with Crippen molar-refractivity contribution in [3.8, 4) is 11.8 Å². The fourth-order valence-electron chi connectivity index (χ4n) is 4.34. The molecular formula is C27H23F3. The Morgan fingerprint density at radius 1 is 0.833 bits per heavy atom. The molecule has 30 heavy (non-hydrogen) atoms. The molecule has 3 aromatic carbocycles. The van der Waals surface area contributed by atoms with Gasteiger partial charge in [0.1, 0.15) is 17.5 Å². The molecule has 0 bridgehead atoms. The van der Waals surface area contributed by atoms with Gasteiger partial charge < -0.3 is 0 Å². The van der Waals surface area contributed by atoms with E-state index >= 15 is 0 Å². The monoisotopic (exact) mass is 404 g/mol. The fraction of sp³-hybridized carbons (Fsp3) is 0.259. The van der Waals surface area contributed by atoms with Crippen molar-refractivity contribution >= 4 is 10.8 Å². The molecule has 0 nitrogen and oxygen atoms in total. The highest BCUT2D eigenvalue weighted by Crippen LogP contribution is 2.38. The van der Waals surface area contributed by atoms with Gasteiger partial charge in [0.15, 0.2) is 0 Å². The molecule has 0 spiro atoms. The fourth-order valence-corrected chi connectivity index (χ4v) is 4.34. The molecule has 4 rings (SSSR count). The van der Waals surface area contributed by atoms with Crippen LogP contribution in [0.1, 0.15) is 54.7 Å². The Morgan fingerprint density at radius 3 is 2.20 bits per heavy atom. The van der Waals surface area contributed by atoms with Crippen LogP contribution in [-0.2, 0) is 0 Å². The third kappa shape index (κ3) is 4.44. The van der Waals surface area contributed by atoms with Gasteiger partial charge in [0.25, 0.3) is 0 Å². The Morgan fingerprint density at radius 2 is 1.50 bits per heavy atom. The van der Waals surface area contributed by atoms with Crippen LogP contribution in [0.2, 0.25) is 0 Å². The van der Waals surface area contributed by atoms with Crippen LogP contribution in [0.25, 0.3) is 10.8 Å². The standard InChI is InChI=1S/C27H23F3/c1-2-3-18-4-8-20(9-5-18)23-16-26(29)25(27(30)17-23)13-7-19-6-10-22-15-24(28)12-11-21(22)14-19/h2,6,10-12,14-18,20H,1,3-5,8-9H2. The molecule has 0 amide bonds. The molecule has 152 valence electrons. The smallest absolute Gasteiger partial charge is 0.142 e. The molecule has 0 saturated heterocycles. The topological polar surface area (TPSA) is 0 Å². The number of hydrogen-bond donors (Lipinski definition) is 0. The van der Waals surface area contributed by atoms with E-state index in [0.717, 1.165) is 48.4 Å². The minimum atomic E-state index is -0.617. The molecule has 1 aliphatic carbocycles. The molecule has 0 aromatic heterocycles. The van der Waals surface area contributed by atoms with E-state index in [1.54, 1.807) is 24.3 Å². The SMILES string of the molecule is C=CCC1CCC(c2cc(F)c(C#Cc3ccc4cc(F)ccc4c3)c(F)c2)CC1. The summed E-state index contributed by atoms with van der Waals surface area (Å²) in [6.07, 6.45) is 6.97. The van der Waals surface area contributed by atoms with Crippen molar-refractivity contribution in [3.63, 3.8) is 0 Å². The van der Waals surface area contributed by atoms with Gasteiger partial charge in [0.05, 0.1) is 5.56 Å². The van der Waals surface area contributed by atoms with Crippen LogP contribution >= 0.6 is 0 Å². The minimum absolute atomic E-state index is 0.193. The zero-order valence-corrected chi connectivity index (χ0v) is 16.7. The molecule has 3 aromatic rings. The summed E-state index contributed by atoms with van der Waals surface area (Å²) in [5, 5.41) is 1.58. The summed E-state index contributed by atoms with van der Waals surface area (Å²) >= 11 is 0. The van der Waals surface area contributed by atoms with Crippen LogP contribution in [0.4, 0.5) is 13.2 Å². The molecule has 0 atom stereocenters. The van der Waals surface area contributed by atoms with Crippen molar-refractivity contribution < 1.29 is 13.2 Å². The molecule has 1 fully saturated rings. The van der Waals surface area contributed by atoms with E-state index in [2.05, 4.69) is 18.4 Å². The van der Waals surface area contributed by atoms with E-state index in [0.29, 0.717) is 11.5 Å². The molecule has 0 radical (unpaired) electrons. The first-order valence-electron chi connectivity index (χ1n) is 10.3. The Bertz CT molecular complexity index is 1120. The minimum Gasteiger partial charge on any atom is -0.207 e. The van der Waals surface area contributed by atoms with Crippen molar-refractivity contribution in [2.24, 2.45) is 5.92 Å². The Balaban J connectivity index is 1.55. The molecule has 1 aliphatic rings. The second-order valence-electron chi connectivity index (χ2n) is 8.06. The van der Waals surface area contributed by atoms with E-state index in [9.17, 15) is 13.2 Å². The van der Waals surface area contributed by atoms with Crippen molar-refractivity contribution in [2.75, 3.05) is 0 Å². The average molecular weight is 404 g/mol. The summed E-state index contributed by atoms with van der Waals surface area (Å²) in [6.45, 7) is 3.80. The van der Waals surface area contributed by atoms with E-state index < -0.39 is 11.6 Å². The van der Waals surface area contributed by atoms with Gasteiger partial charge in [-0.15, -0.1) is 6.58 Å². The first kappa shape index (κ1) is 20.3. The second kappa shape index (κ2) is 8.79. The summed E-state index contributed by atoms with van der Waals surface area (Å²) in [5.41, 5.74) is 1.14. The van der Waals surface area contributed by atoms with Crippen LogP contribution in [0.5, 0.6) is 0 Å².